The van der Waals surface area contributed by atoms with Crippen LogP contribution in [0.5, 0.6) is 0 Å². The van der Waals surface area contributed by atoms with Crippen LogP contribution in [-0.2, 0) is 9.53 Å². The average Bonchev–Trinajstić information content (AvgIpc) is 2.11. The van der Waals surface area contributed by atoms with Crippen molar-refractivity contribution in [2.75, 3.05) is 6.54 Å². The number of ether oxygens (including phenoxy) is 1. The van der Waals surface area contributed by atoms with Crippen LogP contribution in [0.4, 0.5) is 13.2 Å². The van der Waals surface area contributed by atoms with Crippen LogP contribution in [0, 0.1) is 0 Å². The molecule has 1 N–H and O–H groups in total. The van der Waals surface area contributed by atoms with Crippen LogP contribution in [0.2, 0.25) is 0 Å². The lowest BCUT2D eigenvalue weighted by Crippen LogP contribution is -2.53. The second-order valence-corrected chi connectivity index (χ2v) is 2.55. The Hall–Kier alpha value is -0.780. The van der Waals surface area contributed by atoms with E-state index in [1.54, 1.807) is 0 Å². The van der Waals surface area contributed by atoms with Gasteiger partial charge in [-0.1, -0.05) is 13.8 Å². The molecule has 1 heterocycles. The van der Waals surface area contributed by atoms with E-state index in [1.165, 1.54) is 6.92 Å². The van der Waals surface area contributed by atoms with Crippen LogP contribution in [0.1, 0.15) is 20.8 Å². The highest BCUT2D eigenvalue weighted by Crippen LogP contribution is 2.25. The SMILES string of the molecule is CC.CC1OC(C(F)(F)F)CNC1=O. The quantitative estimate of drug-likeness (QED) is 0.661. The van der Waals surface area contributed by atoms with Crippen molar-refractivity contribution in [1.82, 2.24) is 5.32 Å². The minimum absolute atomic E-state index is 0.493. The van der Waals surface area contributed by atoms with E-state index in [2.05, 4.69) is 10.1 Å². The molecule has 0 aromatic carbocycles. The highest BCUT2D eigenvalue weighted by Gasteiger charge is 2.44. The van der Waals surface area contributed by atoms with Crippen molar-refractivity contribution in [2.45, 2.75) is 39.2 Å². The van der Waals surface area contributed by atoms with Gasteiger partial charge in [-0.2, -0.15) is 13.2 Å². The van der Waals surface area contributed by atoms with E-state index in [1.807, 2.05) is 13.8 Å². The summed E-state index contributed by atoms with van der Waals surface area (Å²) < 4.78 is 40.3. The van der Waals surface area contributed by atoms with Crippen molar-refractivity contribution in [3.63, 3.8) is 0 Å². The van der Waals surface area contributed by atoms with Crippen LogP contribution in [-0.4, -0.2) is 30.8 Å². The van der Waals surface area contributed by atoms with E-state index < -0.39 is 30.8 Å². The Kier molecular flexibility index (Phi) is 4.90. The van der Waals surface area contributed by atoms with Crippen LogP contribution in [0.3, 0.4) is 0 Å². The van der Waals surface area contributed by atoms with Gasteiger partial charge in [0.1, 0.15) is 6.10 Å². The number of carbonyl (C=O) groups excluding carboxylic acids is 1. The normalized spacial score (nSPS) is 27.4. The number of alkyl halides is 3. The molecule has 2 unspecified atom stereocenters. The van der Waals surface area contributed by atoms with Crippen molar-refractivity contribution in [1.29, 1.82) is 0 Å². The third-order valence-corrected chi connectivity index (χ3v) is 1.56. The largest absolute Gasteiger partial charge is 0.416 e. The molecule has 14 heavy (non-hydrogen) atoms. The predicted octanol–water partition coefficient (Wildman–Crippen LogP) is 1.48. The van der Waals surface area contributed by atoms with Gasteiger partial charge in [0.2, 0.25) is 5.91 Å². The maximum Gasteiger partial charge on any atom is 0.416 e. The molecule has 1 aliphatic rings. The predicted molar refractivity (Wildman–Crippen MR) is 44.7 cm³/mol. The monoisotopic (exact) mass is 213 g/mol. The number of morpholine rings is 1. The third-order valence-electron chi connectivity index (χ3n) is 1.56. The molecule has 1 saturated heterocycles. The molecule has 0 aromatic heterocycles. The summed E-state index contributed by atoms with van der Waals surface area (Å²) in [6.07, 6.45) is -7.29. The van der Waals surface area contributed by atoms with Crippen molar-refractivity contribution < 1.29 is 22.7 Å². The summed E-state index contributed by atoms with van der Waals surface area (Å²) in [6.45, 7) is 4.79. The van der Waals surface area contributed by atoms with Gasteiger partial charge in [0.05, 0.1) is 6.54 Å². The van der Waals surface area contributed by atoms with E-state index in [0.29, 0.717) is 0 Å². The van der Waals surface area contributed by atoms with E-state index in [0.717, 1.165) is 0 Å². The van der Waals surface area contributed by atoms with Gasteiger partial charge in [-0.05, 0) is 6.92 Å². The standard InChI is InChI=1S/C6H8F3NO2.C2H6/c1-3-5(11)10-2-4(12-3)6(7,8)9;1-2/h3-4H,2H2,1H3,(H,10,11);1-2H3. The van der Waals surface area contributed by atoms with Crippen molar-refractivity contribution >= 4 is 5.91 Å². The fraction of sp³-hybridized carbons (Fsp3) is 0.875. The second-order valence-electron chi connectivity index (χ2n) is 2.55. The molecule has 0 aromatic rings. The summed E-state index contributed by atoms with van der Waals surface area (Å²) in [7, 11) is 0. The van der Waals surface area contributed by atoms with Gasteiger partial charge in [-0.3, -0.25) is 4.79 Å². The van der Waals surface area contributed by atoms with Gasteiger partial charge in [0, 0.05) is 0 Å². The molecule has 1 fully saturated rings. The van der Waals surface area contributed by atoms with E-state index in [-0.39, 0.29) is 0 Å². The molecular weight excluding hydrogens is 199 g/mol. The maximum absolute atomic E-state index is 12.0. The number of halogens is 3. The summed E-state index contributed by atoms with van der Waals surface area (Å²) >= 11 is 0. The van der Waals surface area contributed by atoms with Gasteiger partial charge in [-0.15, -0.1) is 0 Å². The number of nitrogens with one attached hydrogen (secondary N) is 1. The molecule has 0 radical (unpaired) electrons. The number of rotatable bonds is 0. The van der Waals surface area contributed by atoms with Crippen molar-refractivity contribution in [3.8, 4) is 0 Å². The Bertz CT molecular complexity index is 194. The first kappa shape index (κ1) is 13.2. The molecule has 1 rings (SSSR count). The lowest BCUT2D eigenvalue weighted by Gasteiger charge is -2.29. The lowest BCUT2D eigenvalue weighted by molar-refractivity contribution is -0.235. The Labute approximate surface area is 80.6 Å². The molecule has 6 heteroatoms. The smallest absolute Gasteiger partial charge is 0.354 e. The Morgan fingerprint density at radius 2 is 1.93 bits per heavy atom. The first-order valence-corrected chi connectivity index (χ1v) is 4.41. The molecule has 1 aliphatic heterocycles. The lowest BCUT2D eigenvalue weighted by atomic mass is 10.2. The Morgan fingerprint density at radius 3 is 2.29 bits per heavy atom. The summed E-state index contributed by atoms with van der Waals surface area (Å²) in [4.78, 5) is 10.7. The zero-order valence-corrected chi connectivity index (χ0v) is 8.31. The van der Waals surface area contributed by atoms with Crippen molar-refractivity contribution in [3.05, 3.63) is 0 Å². The number of amides is 1. The van der Waals surface area contributed by atoms with Gasteiger partial charge in [-0.25, -0.2) is 0 Å². The molecular formula is C8H14F3NO2. The highest BCUT2D eigenvalue weighted by atomic mass is 19.4. The molecule has 3 nitrogen and oxygen atoms in total. The molecule has 0 spiro atoms. The first-order valence-electron chi connectivity index (χ1n) is 4.41. The van der Waals surface area contributed by atoms with Crippen LogP contribution in [0.15, 0.2) is 0 Å². The van der Waals surface area contributed by atoms with Crippen LogP contribution in [0.25, 0.3) is 0 Å². The summed E-state index contributed by atoms with van der Waals surface area (Å²) in [5.74, 6) is -0.504. The van der Waals surface area contributed by atoms with E-state index in [4.69, 9.17) is 0 Å². The topological polar surface area (TPSA) is 38.3 Å². The molecule has 1 amide bonds. The van der Waals surface area contributed by atoms with E-state index in [9.17, 15) is 18.0 Å². The van der Waals surface area contributed by atoms with Gasteiger partial charge in [0.15, 0.2) is 6.10 Å². The Morgan fingerprint density at radius 1 is 1.43 bits per heavy atom. The molecule has 0 aliphatic carbocycles. The molecule has 2 atom stereocenters. The average molecular weight is 213 g/mol. The first-order chi connectivity index (χ1) is 6.41. The van der Waals surface area contributed by atoms with Gasteiger partial charge >= 0.3 is 6.18 Å². The minimum Gasteiger partial charge on any atom is -0.354 e. The maximum atomic E-state index is 12.0. The molecule has 0 saturated carbocycles. The van der Waals surface area contributed by atoms with Gasteiger partial charge < -0.3 is 10.1 Å². The minimum atomic E-state index is -4.40. The summed E-state index contributed by atoms with van der Waals surface area (Å²) in [6, 6.07) is 0. The number of carbonyl (C=O) groups is 1. The third kappa shape index (κ3) is 3.53. The van der Waals surface area contributed by atoms with Crippen LogP contribution >= 0.6 is 0 Å². The molecule has 84 valence electrons. The van der Waals surface area contributed by atoms with E-state index >= 15 is 0 Å². The number of hydrogen-bond acceptors (Lipinski definition) is 2. The van der Waals surface area contributed by atoms with Crippen molar-refractivity contribution in [2.24, 2.45) is 0 Å². The summed E-state index contributed by atoms with van der Waals surface area (Å²) in [5.41, 5.74) is 0. The van der Waals surface area contributed by atoms with Crippen LogP contribution < -0.4 is 5.32 Å². The Balaban J connectivity index is 0.000000791. The highest BCUT2D eigenvalue weighted by molar-refractivity contribution is 5.80. The number of hydrogen-bond donors (Lipinski definition) is 1. The zero-order chi connectivity index (χ0) is 11.4. The zero-order valence-electron chi connectivity index (χ0n) is 8.31. The second kappa shape index (κ2) is 5.19. The molecule has 0 bridgehead atoms. The fourth-order valence-electron chi connectivity index (χ4n) is 0.886. The summed E-state index contributed by atoms with van der Waals surface area (Å²) in [5, 5.41) is 2.10. The van der Waals surface area contributed by atoms with Gasteiger partial charge in [0.25, 0.3) is 0 Å². The fourth-order valence-corrected chi connectivity index (χ4v) is 0.886.